The Kier molecular flexibility index (Phi) is 5.31. The van der Waals surface area contributed by atoms with Crippen LogP contribution in [-0.4, -0.2) is 25.5 Å². The number of carbonyl (C=O) groups is 1. The van der Waals surface area contributed by atoms with Crippen LogP contribution in [0, 0.1) is 13.8 Å². The third-order valence-corrected chi connectivity index (χ3v) is 5.33. The molecule has 29 heavy (non-hydrogen) atoms. The summed E-state index contributed by atoms with van der Waals surface area (Å²) < 4.78 is 4.59. The first-order valence-corrected chi connectivity index (χ1v) is 10.0. The average molecular weight is 450 g/mol. The second-order valence-electron chi connectivity index (χ2n) is 6.80. The zero-order valence-corrected chi connectivity index (χ0v) is 17.7. The lowest BCUT2D eigenvalue weighted by molar-refractivity contribution is 0.102. The second-order valence-corrected chi connectivity index (χ2v) is 7.71. The van der Waals surface area contributed by atoms with Gasteiger partial charge in [-0.3, -0.25) is 4.79 Å². The van der Waals surface area contributed by atoms with Crippen molar-refractivity contribution in [3.63, 3.8) is 0 Å². The van der Waals surface area contributed by atoms with E-state index in [1.54, 1.807) is 27.8 Å². The third kappa shape index (κ3) is 4.00. The Morgan fingerprint density at radius 2 is 1.79 bits per heavy atom. The fourth-order valence-electron chi connectivity index (χ4n) is 3.19. The van der Waals surface area contributed by atoms with Gasteiger partial charge in [0, 0.05) is 10.5 Å². The summed E-state index contributed by atoms with van der Waals surface area (Å²) in [7, 11) is 0. The average Bonchev–Trinajstić information content (AvgIpc) is 3.30. The summed E-state index contributed by atoms with van der Waals surface area (Å²) in [6.45, 7) is 4.49. The molecule has 146 valence electrons. The molecule has 0 radical (unpaired) electrons. The van der Waals surface area contributed by atoms with Gasteiger partial charge in [-0.2, -0.15) is 10.2 Å². The Morgan fingerprint density at radius 1 is 1.03 bits per heavy atom. The molecule has 0 spiro atoms. The van der Waals surface area contributed by atoms with Crippen molar-refractivity contribution in [3.8, 4) is 5.69 Å². The Bertz CT molecular complexity index is 1160. The maximum atomic E-state index is 12.9. The number of aryl methyl sites for hydroxylation is 1. The summed E-state index contributed by atoms with van der Waals surface area (Å²) in [5, 5.41) is 11.7. The topological polar surface area (TPSA) is 64.7 Å². The number of rotatable bonds is 5. The van der Waals surface area contributed by atoms with Gasteiger partial charge in [0.2, 0.25) is 0 Å². The van der Waals surface area contributed by atoms with Crippen molar-refractivity contribution in [3.05, 3.63) is 93.8 Å². The number of halogens is 1. The number of nitrogens with zero attached hydrogens (tertiary/aromatic N) is 4. The summed E-state index contributed by atoms with van der Waals surface area (Å²) in [5.74, 6) is 0.431. The van der Waals surface area contributed by atoms with Gasteiger partial charge in [-0.05, 0) is 43.2 Å². The van der Waals surface area contributed by atoms with E-state index >= 15 is 0 Å². The monoisotopic (exact) mass is 449 g/mol. The molecule has 4 aromatic rings. The molecule has 2 aromatic heterocycles. The first kappa shape index (κ1) is 19.1. The molecule has 2 heterocycles. The SMILES string of the molecule is Cc1ccccc1-n1ncc(C(=O)Nc2ccnn2Cc2ccc(Br)cc2)c1C. The van der Waals surface area contributed by atoms with Crippen LogP contribution in [0.1, 0.15) is 27.2 Å². The quantitative estimate of drug-likeness (QED) is 0.478. The predicted octanol–water partition coefficient (Wildman–Crippen LogP) is 4.75. The molecule has 0 aliphatic rings. The molecule has 0 saturated carbocycles. The number of para-hydroxylation sites is 1. The van der Waals surface area contributed by atoms with E-state index in [0.717, 1.165) is 27.0 Å². The summed E-state index contributed by atoms with van der Waals surface area (Å²) >= 11 is 3.44. The van der Waals surface area contributed by atoms with Crippen LogP contribution in [0.3, 0.4) is 0 Å². The van der Waals surface area contributed by atoms with Crippen molar-refractivity contribution >= 4 is 27.7 Å². The molecule has 0 aliphatic heterocycles. The van der Waals surface area contributed by atoms with Crippen LogP contribution >= 0.6 is 15.9 Å². The molecule has 6 nitrogen and oxygen atoms in total. The number of hydrogen-bond acceptors (Lipinski definition) is 3. The van der Waals surface area contributed by atoms with Crippen molar-refractivity contribution in [2.75, 3.05) is 5.32 Å². The van der Waals surface area contributed by atoms with Crippen molar-refractivity contribution in [1.29, 1.82) is 0 Å². The molecule has 1 N–H and O–H groups in total. The molecule has 0 bridgehead atoms. The number of amides is 1. The largest absolute Gasteiger partial charge is 0.307 e. The van der Waals surface area contributed by atoms with Crippen LogP contribution in [0.2, 0.25) is 0 Å². The van der Waals surface area contributed by atoms with E-state index in [1.807, 2.05) is 62.4 Å². The van der Waals surface area contributed by atoms with Gasteiger partial charge in [0.1, 0.15) is 5.82 Å². The van der Waals surface area contributed by atoms with E-state index < -0.39 is 0 Å². The minimum atomic E-state index is -0.208. The highest BCUT2D eigenvalue weighted by Crippen LogP contribution is 2.19. The van der Waals surface area contributed by atoms with Crippen LogP contribution in [0.4, 0.5) is 5.82 Å². The first-order chi connectivity index (χ1) is 14.0. The van der Waals surface area contributed by atoms with Gasteiger partial charge in [-0.15, -0.1) is 0 Å². The molecule has 2 aromatic carbocycles. The summed E-state index contributed by atoms with van der Waals surface area (Å²) in [6.07, 6.45) is 3.28. The second kappa shape index (κ2) is 8.05. The van der Waals surface area contributed by atoms with Gasteiger partial charge in [0.25, 0.3) is 5.91 Å². The molecule has 0 fully saturated rings. The van der Waals surface area contributed by atoms with E-state index in [0.29, 0.717) is 17.9 Å². The fourth-order valence-corrected chi connectivity index (χ4v) is 3.45. The molecule has 0 unspecified atom stereocenters. The van der Waals surface area contributed by atoms with Gasteiger partial charge < -0.3 is 5.32 Å². The highest BCUT2D eigenvalue weighted by atomic mass is 79.9. The van der Waals surface area contributed by atoms with Crippen molar-refractivity contribution in [2.24, 2.45) is 0 Å². The van der Waals surface area contributed by atoms with Crippen LogP contribution in [0.25, 0.3) is 5.69 Å². The molecular weight excluding hydrogens is 430 g/mol. The smallest absolute Gasteiger partial charge is 0.260 e. The summed E-state index contributed by atoms with van der Waals surface area (Å²) in [5.41, 5.74) is 4.47. The maximum Gasteiger partial charge on any atom is 0.260 e. The lowest BCUT2D eigenvalue weighted by atomic mass is 10.2. The van der Waals surface area contributed by atoms with E-state index in [4.69, 9.17) is 0 Å². The van der Waals surface area contributed by atoms with Crippen molar-refractivity contribution < 1.29 is 4.79 Å². The lowest BCUT2D eigenvalue weighted by Gasteiger charge is -2.10. The van der Waals surface area contributed by atoms with Crippen molar-refractivity contribution in [1.82, 2.24) is 19.6 Å². The van der Waals surface area contributed by atoms with Gasteiger partial charge in [0.05, 0.1) is 35.9 Å². The number of hydrogen-bond donors (Lipinski definition) is 1. The predicted molar refractivity (Wildman–Crippen MR) is 116 cm³/mol. The molecule has 0 aliphatic carbocycles. The number of carbonyl (C=O) groups excluding carboxylic acids is 1. The highest BCUT2D eigenvalue weighted by molar-refractivity contribution is 9.10. The van der Waals surface area contributed by atoms with Gasteiger partial charge in [-0.25, -0.2) is 9.36 Å². The number of anilines is 1. The Balaban J connectivity index is 1.55. The Hall–Kier alpha value is -3.19. The molecule has 0 saturated heterocycles. The maximum absolute atomic E-state index is 12.9. The lowest BCUT2D eigenvalue weighted by Crippen LogP contribution is -2.17. The first-order valence-electron chi connectivity index (χ1n) is 9.21. The number of benzene rings is 2. The minimum absolute atomic E-state index is 0.208. The third-order valence-electron chi connectivity index (χ3n) is 4.80. The van der Waals surface area contributed by atoms with E-state index in [-0.39, 0.29) is 5.91 Å². The molecular formula is C22H20BrN5O. The van der Waals surface area contributed by atoms with Crippen LogP contribution < -0.4 is 5.32 Å². The van der Waals surface area contributed by atoms with E-state index in [9.17, 15) is 4.79 Å². The molecule has 7 heteroatoms. The fraction of sp³-hybridized carbons (Fsp3) is 0.136. The van der Waals surface area contributed by atoms with Gasteiger partial charge in [0.15, 0.2) is 0 Å². The highest BCUT2D eigenvalue weighted by Gasteiger charge is 2.17. The standard InChI is InChI=1S/C22H20BrN5O/c1-15-5-3-4-6-20(15)28-16(2)19(13-25-28)22(29)26-21-11-12-24-27(21)14-17-7-9-18(23)10-8-17/h3-13H,14H2,1-2H3,(H,26,29). The Labute approximate surface area is 177 Å². The van der Waals surface area contributed by atoms with Gasteiger partial charge in [-0.1, -0.05) is 46.3 Å². The zero-order chi connectivity index (χ0) is 20.4. The summed E-state index contributed by atoms with van der Waals surface area (Å²) in [6, 6.07) is 17.8. The minimum Gasteiger partial charge on any atom is -0.307 e. The molecule has 0 atom stereocenters. The van der Waals surface area contributed by atoms with Crippen LogP contribution in [0.5, 0.6) is 0 Å². The van der Waals surface area contributed by atoms with Crippen molar-refractivity contribution in [2.45, 2.75) is 20.4 Å². The zero-order valence-electron chi connectivity index (χ0n) is 16.1. The van der Waals surface area contributed by atoms with E-state index in [1.165, 1.54) is 0 Å². The number of nitrogens with one attached hydrogen (secondary N) is 1. The van der Waals surface area contributed by atoms with Gasteiger partial charge >= 0.3 is 0 Å². The molecule has 1 amide bonds. The Morgan fingerprint density at radius 3 is 2.55 bits per heavy atom. The van der Waals surface area contributed by atoms with Crippen LogP contribution in [-0.2, 0) is 6.54 Å². The van der Waals surface area contributed by atoms with E-state index in [2.05, 4.69) is 31.4 Å². The number of aromatic nitrogens is 4. The molecule has 4 rings (SSSR count). The van der Waals surface area contributed by atoms with Crippen LogP contribution in [0.15, 0.2) is 71.5 Å². The normalized spacial score (nSPS) is 10.9. The summed E-state index contributed by atoms with van der Waals surface area (Å²) in [4.78, 5) is 12.9.